The van der Waals surface area contributed by atoms with Gasteiger partial charge in [0.2, 0.25) is 5.91 Å². The number of Topliss-reactive ketones (excluding diaryl/α,β-unsaturated/α-hetero) is 1. The van der Waals surface area contributed by atoms with Gasteiger partial charge >= 0.3 is 6.61 Å². The predicted molar refractivity (Wildman–Crippen MR) is 101 cm³/mol. The number of alkyl halides is 2. The average molecular weight is 392 g/mol. The summed E-state index contributed by atoms with van der Waals surface area (Å²) in [5.74, 6) is -0.281. The lowest BCUT2D eigenvalue weighted by molar-refractivity contribution is -0.117. The van der Waals surface area contributed by atoms with Crippen LogP contribution in [0, 0.1) is 0 Å². The van der Waals surface area contributed by atoms with Gasteiger partial charge in [0.15, 0.2) is 17.3 Å². The van der Waals surface area contributed by atoms with Crippen molar-refractivity contribution in [1.29, 1.82) is 0 Å². The van der Waals surface area contributed by atoms with E-state index in [0.29, 0.717) is 17.8 Å². The van der Waals surface area contributed by atoms with E-state index in [4.69, 9.17) is 4.74 Å². The first-order valence-corrected chi connectivity index (χ1v) is 8.50. The molecular formula is C20H22F2N2O4. The van der Waals surface area contributed by atoms with E-state index >= 15 is 0 Å². The molecular weight excluding hydrogens is 370 g/mol. The van der Waals surface area contributed by atoms with Crippen molar-refractivity contribution in [3.05, 3.63) is 53.6 Å². The van der Waals surface area contributed by atoms with Gasteiger partial charge in [0.25, 0.3) is 0 Å². The van der Waals surface area contributed by atoms with Gasteiger partial charge in [0.1, 0.15) is 0 Å². The number of rotatable bonds is 9. The number of para-hydroxylation sites is 1. The van der Waals surface area contributed by atoms with Crippen LogP contribution in [0.15, 0.2) is 42.5 Å². The summed E-state index contributed by atoms with van der Waals surface area (Å²) in [4.78, 5) is 25.7. The van der Waals surface area contributed by atoms with Crippen molar-refractivity contribution in [2.24, 2.45) is 0 Å². The van der Waals surface area contributed by atoms with Crippen LogP contribution in [0.1, 0.15) is 22.8 Å². The Morgan fingerprint density at radius 3 is 2.50 bits per heavy atom. The summed E-state index contributed by atoms with van der Waals surface area (Å²) < 4.78 is 34.3. The Morgan fingerprint density at radius 1 is 1.14 bits per heavy atom. The van der Waals surface area contributed by atoms with Crippen molar-refractivity contribution in [2.75, 3.05) is 26.0 Å². The number of methoxy groups -OCH3 is 1. The maximum absolute atomic E-state index is 12.4. The number of likely N-dealkylation sites (N-methyl/N-ethyl adjacent to an activating group) is 1. The Kier molecular flexibility index (Phi) is 7.45. The van der Waals surface area contributed by atoms with Crippen molar-refractivity contribution >= 4 is 17.4 Å². The van der Waals surface area contributed by atoms with Crippen LogP contribution in [-0.4, -0.2) is 43.9 Å². The molecule has 0 aliphatic heterocycles. The molecule has 0 spiro atoms. The number of anilines is 1. The zero-order chi connectivity index (χ0) is 20.7. The van der Waals surface area contributed by atoms with Crippen molar-refractivity contribution < 1.29 is 27.8 Å². The Bertz CT molecular complexity index is 843. The Balaban J connectivity index is 1.99. The van der Waals surface area contributed by atoms with E-state index in [0.717, 1.165) is 5.56 Å². The molecule has 2 aromatic rings. The molecule has 0 fully saturated rings. The highest BCUT2D eigenvalue weighted by Gasteiger charge is 2.14. The molecule has 1 amide bonds. The molecule has 0 saturated carbocycles. The highest BCUT2D eigenvalue weighted by molar-refractivity contribution is 6.04. The monoisotopic (exact) mass is 392 g/mol. The van der Waals surface area contributed by atoms with Gasteiger partial charge in [-0.1, -0.05) is 18.2 Å². The molecule has 150 valence electrons. The molecule has 2 rings (SSSR count). The second-order valence-electron chi connectivity index (χ2n) is 6.19. The second-order valence-corrected chi connectivity index (χ2v) is 6.19. The standard InChI is InChI=1S/C20H22F2N2O4/c1-13(25)15-6-4-5-7-16(15)23-19(26)12-24(2)11-14-8-9-17(28-20(21)22)18(10-14)27-3/h4-10,20H,11-12H2,1-3H3,(H,23,26). The van der Waals surface area contributed by atoms with Crippen molar-refractivity contribution in [3.8, 4) is 11.5 Å². The fraction of sp³-hybridized carbons (Fsp3) is 0.300. The van der Waals surface area contributed by atoms with E-state index in [-0.39, 0.29) is 29.7 Å². The topological polar surface area (TPSA) is 67.9 Å². The predicted octanol–water partition coefficient (Wildman–Crippen LogP) is 3.57. The van der Waals surface area contributed by atoms with Crippen LogP contribution in [0.25, 0.3) is 0 Å². The lowest BCUT2D eigenvalue weighted by Crippen LogP contribution is -2.30. The van der Waals surface area contributed by atoms with Gasteiger partial charge < -0.3 is 14.8 Å². The van der Waals surface area contributed by atoms with E-state index in [1.807, 2.05) is 0 Å². The summed E-state index contributed by atoms with van der Waals surface area (Å²) in [6.07, 6.45) is 0. The van der Waals surface area contributed by atoms with Gasteiger partial charge in [-0.15, -0.1) is 0 Å². The molecule has 1 N–H and O–H groups in total. The largest absolute Gasteiger partial charge is 0.493 e. The molecule has 0 aliphatic rings. The first-order chi connectivity index (χ1) is 13.3. The third kappa shape index (κ3) is 6.02. The summed E-state index contributed by atoms with van der Waals surface area (Å²) >= 11 is 0. The van der Waals surface area contributed by atoms with E-state index in [1.54, 1.807) is 48.3 Å². The molecule has 0 heterocycles. The van der Waals surface area contributed by atoms with Crippen LogP contribution < -0.4 is 14.8 Å². The number of nitrogens with zero attached hydrogens (tertiary/aromatic N) is 1. The molecule has 0 aliphatic carbocycles. The van der Waals surface area contributed by atoms with Crippen LogP contribution in [0.3, 0.4) is 0 Å². The van der Waals surface area contributed by atoms with Gasteiger partial charge in [0.05, 0.1) is 19.3 Å². The average Bonchev–Trinajstić information content (AvgIpc) is 2.62. The normalized spacial score (nSPS) is 10.8. The number of halogens is 2. The Labute approximate surface area is 162 Å². The molecule has 0 aromatic heterocycles. The fourth-order valence-corrected chi connectivity index (χ4v) is 2.71. The first kappa shape index (κ1) is 21.3. The number of ketones is 1. The summed E-state index contributed by atoms with van der Waals surface area (Å²) in [7, 11) is 3.10. The van der Waals surface area contributed by atoms with Crippen LogP contribution in [0.4, 0.5) is 14.5 Å². The van der Waals surface area contributed by atoms with Crippen molar-refractivity contribution in [2.45, 2.75) is 20.1 Å². The van der Waals surface area contributed by atoms with Gasteiger partial charge in [-0.05, 0) is 43.8 Å². The smallest absolute Gasteiger partial charge is 0.387 e. The lowest BCUT2D eigenvalue weighted by Gasteiger charge is -2.18. The van der Waals surface area contributed by atoms with Crippen LogP contribution >= 0.6 is 0 Å². The van der Waals surface area contributed by atoms with Gasteiger partial charge in [-0.2, -0.15) is 8.78 Å². The molecule has 2 aromatic carbocycles. The van der Waals surface area contributed by atoms with Crippen molar-refractivity contribution in [1.82, 2.24) is 4.90 Å². The summed E-state index contributed by atoms with van der Waals surface area (Å²) in [6.45, 7) is -1.05. The molecule has 0 radical (unpaired) electrons. The highest BCUT2D eigenvalue weighted by atomic mass is 19.3. The molecule has 0 bridgehead atoms. The molecule has 0 saturated heterocycles. The minimum atomic E-state index is -2.94. The molecule has 0 unspecified atom stereocenters. The highest BCUT2D eigenvalue weighted by Crippen LogP contribution is 2.29. The zero-order valence-electron chi connectivity index (χ0n) is 15.9. The van der Waals surface area contributed by atoms with E-state index in [1.165, 1.54) is 20.1 Å². The maximum atomic E-state index is 12.4. The van der Waals surface area contributed by atoms with E-state index in [2.05, 4.69) is 10.1 Å². The summed E-state index contributed by atoms with van der Waals surface area (Å²) in [5.41, 5.74) is 1.67. The number of ether oxygens (including phenoxy) is 2. The van der Waals surface area contributed by atoms with Crippen LogP contribution in [0.2, 0.25) is 0 Å². The number of hydrogen-bond donors (Lipinski definition) is 1. The van der Waals surface area contributed by atoms with Gasteiger partial charge in [-0.3, -0.25) is 14.5 Å². The van der Waals surface area contributed by atoms with E-state index < -0.39 is 6.61 Å². The number of benzene rings is 2. The second kappa shape index (κ2) is 9.80. The summed E-state index contributed by atoms with van der Waals surface area (Å²) in [6, 6.07) is 11.4. The number of carbonyl (C=O) groups is 2. The number of carbonyl (C=O) groups excluding carboxylic acids is 2. The Hall–Kier alpha value is -3.00. The number of nitrogens with one attached hydrogen (secondary N) is 1. The SMILES string of the molecule is COc1cc(CN(C)CC(=O)Nc2ccccc2C(C)=O)ccc1OC(F)F. The fourth-order valence-electron chi connectivity index (χ4n) is 2.71. The van der Waals surface area contributed by atoms with Gasteiger partial charge in [-0.25, -0.2) is 0 Å². The van der Waals surface area contributed by atoms with Crippen LogP contribution in [0.5, 0.6) is 11.5 Å². The molecule has 8 heteroatoms. The molecule has 6 nitrogen and oxygen atoms in total. The van der Waals surface area contributed by atoms with Gasteiger partial charge in [0, 0.05) is 12.1 Å². The van der Waals surface area contributed by atoms with Crippen molar-refractivity contribution in [3.63, 3.8) is 0 Å². The number of hydrogen-bond acceptors (Lipinski definition) is 5. The molecule has 28 heavy (non-hydrogen) atoms. The quantitative estimate of drug-likeness (QED) is 0.661. The summed E-state index contributed by atoms with van der Waals surface area (Å²) in [5, 5.41) is 2.73. The minimum Gasteiger partial charge on any atom is -0.493 e. The third-order valence-corrected chi connectivity index (χ3v) is 3.89. The lowest BCUT2D eigenvalue weighted by atomic mass is 10.1. The first-order valence-electron chi connectivity index (χ1n) is 8.50. The number of amides is 1. The van der Waals surface area contributed by atoms with Crippen LogP contribution in [-0.2, 0) is 11.3 Å². The zero-order valence-corrected chi connectivity index (χ0v) is 15.9. The van der Waals surface area contributed by atoms with E-state index in [9.17, 15) is 18.4 Å². The third-order valence-electron chi connectivity index (χ3n) is 3.89. The Morgan fingerprint density at radius 2 is 1.86 bits per heavy atom. The molecule has 0 atom stereocenters. The maximum Gasteiger partial charge on any atom is 0.387 e. The minimum absolute atomic E-state index is 0.0533.